The lowest BCUT2D eigenvalue weighted by molar-refractivity contribution is -0.696. The van der Waals surface area contributed by atoms with Crippen molar-refractivity contribution in [1.29, 1.82) is 0 Å². The van der Waals surface area contributed by atoms with E-state index in [1.165, 1.54) is 0 Å². The maximum absolute atomic E-state index is 10.6. The van der Waals surface area contributed by atoms with E-state index < -0.39 is 11.7 Å². The Morgan fingerprint density at radius 3 is 2.50 bits per heavy atom. The van der Waals surface area contributed by atoms with Gasteiger partial charge in [-0.2, -0.15) is 4.57 Å². The summed E-state index contributed by atoms with van der Waals surface area (Å²) in [6.07, 6.45) is 1.89. The number of aromatic nitrogens is 1. The molecule has 0 atom stereocenters. The third-order valence-corrected chi connectivity index (χ3v) is 3.39. The van der Waals surface area contributed by atoms with Gasteiger partial charge in [-0.3, -0.25) is 10.1 Å². The maximum Gasteiger partial charge on any atom is 0.381 e. The number of hydrogen-bond acceptors (Lipinski definition) is 3. The van der Waals surface area contributed by atoms with E-state index >= 15 is 0 Å². The molecule has 0 aliphatic rings. The molecule has 3 rings (SSSR count). The Morgan fingerprint density at radius 1 is 1.00 bits per heavy atom. The van der Waals surface area contributed by atoms with E-state index in [9.17, 15) is 10.1 Å². The van der Waals surface area contributed by atoms with Crippen LogP contribution in [0.1, 0.15) is 5.56 Å². The summed E-state index contributed by atoms with van der Waals surface area (Å²) >= 11 is 0. The molecule has 0 amide bonds. The molecule has 0 spiro atoms. The Morgan fingerprint density at radius 2 is 1.73 bits per heavy atom. The summed E-state index contributed by atoms with van der Waals surface area (Å²) in [6.45, 7) is 0.0432. The number of benzene rings is 2. The van der Waals surface area contributed by atoms with E-state index in [-0.39, 0.29) is 0 Å². The largest absolute Gasteiger partial charge is 0.381 e. The summed E-state index contributed by atoms with van der Waals surface area (Å²) in [5.41, 5.74) is 1.11. The maximum atomic E-state index is 10.6. The van der Waals surface area contributed by atoms with Gasteiger partial charge in [0.1, 0.15) is 0 Å². The third kappa shape index (κ3) is 3.03. The first-order valence-corrected chi connectivity index (χ1v) is 6.94. The normalized spacial score (nSPS) is 10.5. The highest BCUT2D eigenvalue weighted by atomic mass is 16.7. The summed E-state index contributed by atoms with van der Waals surface area (Å²) in [5.74, 6) is 0.513. The first-order chi connectivity index (χ1) is 10.7. The average Bonchev–Trinajstić information content (AvgIpc) is 2.54. The molecule has 110 valence electrons. The van der Waals surface area contributed by atoms with Crippen LogP contribution in [0, 0.1) is 10.1 Å². The summed E-state index contributed by atoms with van der Waals surface area (Å²) in [4.78, 5) is 10.2. The molecule has 0 unspecified atom stereocenters. The van der Waals surface area contributed by atoms with Gasteiger partial charge in [-0.1, -0.05) is 48.5 Å². The fraction of sp³-hybridized carbons (Fsp3) is 0.118. The van der Waals surface area contributed by atoms with Crippen molar-refractivity contribution in [3.8, 4) is 5.88 Å². The zero-order valence-electron chi connectivity index (χ0n) is 11.9. The van der Waals surface area contributed by atoms with Gasteiger partial charge in [0.2, 0.25) is 0 Å². The van der Waals surface area contributed by atoms with Gasteiger partial charge >= 0.3 is 12.6 Å². The summed E-state index contributed by atoms with van der Waals surface area (Å²) in [7, 11) is 0. The molecule has 5 heteroatoms. The van der Waals surface area contributed by atoms with E-state index in [4.69, 9.17) is 4.74 Å². The monoisotopic (exact) mass is 295 g/mol. The van der Waals surface area contributed by atoms with Crippen molar-refractivity contribution < 1.29 is 14.2 Å². The Bertz CT molecular complexity index is 803. The quantitative estimate of drug-likeness (QED) is 0.315. The number of rotatable bonds is 5. The second kappa shape index (κ2) is 6.22. The van der Waals surface area contributed by atoms with Crippen LogP contribution in [0.15, 0.2) is 66.9 Å². The minimum Gasteiger partial charge on any atom is -0.378 e. The van der Waals surface area contributed by atoms with Crippen LogP contribution in [0.4, 0.5) is 0 Å². The predicted molar refractivity (Wildman–Crippen MR) is 82.2 cm³/mol. The second-order valence-electron chi connectivity index (χ2n) is 4.93. The van der Waals surface area contributed by atoms with E-state index in [0.717, 1.165) is 16.3 Å². The highest BCUT2D eigenvalue weighted by Gasteiger charge is 2.19. The van der Waals surface area contributed by atoms with E-state index in [1.807, 2.05) is 71.4 Å². The van der Waals surface area contributed by atoms with E-state index in [1.54, 1.807) is 0 Å². The van der Waals surface area contributed by atoms with Crippen molar-refractivity contribution >= 4 is 10.8 Å². The van der Waals surface area contributed by atoms with Crippen molar-refractivity contribution in [2.45, 2.75) is 6.54 Å². The predicted octanol–water partition coefficient (Wildman–Crippen LogP) is 2.79. The molecule has 0 saturated heterocycles. The minimum atomic E-state index is -0.553. The molecule has 0 fully saturated rings. The summed E-state index contributed by atoms with van der Waals surface area (Å²) in [6, 6.07) is 19.6. The van der Waals surface area contributed by atoms with Crippen LogP contribution in [-0.4, -0.2) is 11.7 Å². The van der Waals surface area contributed by atoms with Gasteiger partial charge in [0.25, 0.3) is 0 Å². The van der Waals surface area contributed by atoms with Crippen molar-refractivity contribution in [2.75, 3.05) is 6.73 Å². The molecule has 0 aliphatic heterocycles. The minimum absolute atomic E-state index is 0.478. The lowest BCUT2D eigenvalue weighted by Crippen LogP contribution is -2.37. The number of ether oxygens (including phenoxy) is 1. The van der Waals surface area contributed by atoms with Crippen LogP contribution in [0.2, 0.25) is 0 Å². The van der Waals surface area contributed by atoms with Crippen LogP contribution in [-0.2, 0) is 6.54 Å². The SMILES string of the molecule is O=[N+]([O-])COc1c2ccccc2cc[n+]1Cc1ccccc1. The van der Waals surface area contributed by atoms with Crippen LogP contribution in [0.25, 0.3) is 10.8 Å². The standard InChI is InChI=1S/C17H15N2O3/c20-19(21)13-22-17-16-9-5-4-8-15(16)10-11-18(17)12-14-6-2-1-3-7-14/h1-11H,12-13H2/q+1. The molecule has 3 aromatic rings. The van der Waals surface area contributed by atoms with Gasteiger partial charge in [-0.25, -0.2) is 0 Å². The molecule has 0 radical (unpaired) electrons. The molecule has 1 heterocycles. The Labute approximate surface area is 127 Å². The zero-order valence-corrected chi connectivity index (χ0v) is 11.9. The third-order valence-electron chi connectivity index (χ3n) is 3.39. The van der Waals surface area contributed by atoms with Gasteiger partial charge in [-0.05, 0) is 11.5 Å². The number of pyridine rings is 1. The summed E-state index contributed by atoms with van der Waals surface area (Å²) < 4.78 is 7.34. The van der Waals surface area contributed by atoms with Crippen LogP contribution in [0.3, 0.4) is 0 Å². The molecule has 5 nitrogen and oxygen atoms in total. The molecule has 2 aromatic carbocycles. The van der Waals surface area contributed by atoms with Crippen LogP contribution < -0.4 is 9.30 Å². The van der Waals surface area contributed by atoms with Crippen LogP contribution in [0.5, 0.6) is 5.88 Å². The van der Waals surface area contributed by atoms with Crippen molar-refractivity contribution in [1.82, 2.24) is 0 Å². The van der Waals surface area contributed by atoms with Gasteiger partial charge in [0, 0.05) is 11.6 Å². The fourth-order valence-corrected chi connectivity index (χ4v) is 2.41. The van der Waals surface area contributed by atoms with Crippen molar-refractivity contribution in [3.05, 3.63) is 82.5 Å². The fourth-order valence-electron chi connectivity index (χ4n) is 2.41. The molecule has 22 heavy (non-hydrogen) atoms. The van der Waals surface area contributed by atoms with Gasteiger partial charge < -0.3 is 4.74 Å². The van der Waals surface area contributed by atoms with E-state index in [0.29, 0.717) is 12.4 Å². The lowest BCUT2D eigenvalue weighted by atomic mass is 10.1. The van der Waals surface area contributed by atoms with Crippen molar-refractivity contribution in [2.24, 2.45) is 0 Å². The number of hydrogen-bond donors (Lipinski definition) is 0. The molecule has 0 aliphatic carbocycles. The summed E-state index contributed by atoms with van der Waals surface area (Å²) in [5, 5.41) is 12.5. The lowest BCUT2D eigenvalue weighted by Gasteiger charge is -2.06. The smallest absolute Gasteiger partial charge is 0.378 e. The Kier molecular flexibility index (Phi) is 3.96. The molecule has 1 aromatic heterocycles. The number of nitro groups is 1. The highest BCUT2D eigenvalue weighted by Crippen LogP contribution is 2.21. The van der Waals surface area contributed by atoms with Crippen molar-refractivity contribution in [3.63, 3.8) is 0 Å². The first-order valence-electron chi connectivity index (χ1n) is 6.94. The van der Waals surface area contributed by atoms with E-state index in [2.05, 4.69) is 0 Å². The molecule has 0 bridgehead atoms. The van der Waals surface area contributed by atoms with Gasteiger partial charge in [-0.15, -0.1) is 0 Å². The number of nitrogens with zero attached hydrogens (tertiary/aromatic N) is 2. The molecule has 0 N–H and O–H groups in total. The molecule has 0 saturated carbocycles. The average molecular weight is 295 g/mol. The highest BCUT2D eigenvalue weighted by molar-refractivity contribution is 5.85. The molecular weight excluding hydrogens is 280 g/mol. The Balaban J connectivity index is 2.04. The number of fused-ring (bicyclic) bond motifs is 1. The van der Waals surface area contributed by atoms with Gasteiger partial charge in [0.05, 0.1) is 10.3 Å². The zero-order chi connectivity index (χ0) is 15.4. The topological polar surface area (TPSA) is 56.3 Å². The Hall–Kier alpha value is -2.95. The van der Waals surface area contributed by atoms with Gasteiger partial charge in [0.15, 0.2) is 12.7 Å². The first kappa shape index (κ1) is 14.0. The second-order valence-corrected chi connectivity index (χ2v) is 4.93. The van der Waals surface area contributed by atoms with Crippen LogP contribution >= 0.6 is 0 Å². The molecular formula is C17H15N2O3+.